The quantitative estimate of drug-likeness (QED) is 0.782. The van der Waals surface area contributed by atoms with Crippen molar-refractivity contribution in [3.05, 3.63) is 41.2 Å². The number of hydrogen-bond donors (Lipinski definition) is 0. The average Bonchev–Trinajstić information content (AvgIpc) is 3.31. The van der Waals surface area contributed by atoms with Gasteiger partial charge < -0.3 is 4.74 Å². The third kappa shape index (κ3) is 3.51. The molecule has 26 heavy (non-hydrogen) atoms. The Morgan fingerprint density at radius 2 is 2.04 bits per heavy atom. The van der Waals surface area contributed by atoms with Crippen LogP contribution in [0.3, 0.4) is 0 Å². The first-order chi connectivity index (χ1) is 12.8. The molecule has 0 saturated carbocycles. The minimum absolute atomic E-state index is 0.0882. The van der Waals surface area contributed by atoms with E-state index in [4.69, 9.17) is 4.74 Å². The number of rotatable bonds is 6. The van der Waals surface area contributed by atoms with E-state index in [1.54, 1.807) is 7.11 Å². The van der Waals surface area contributed by atoms with Crippen molar-refractivity contribution in [2.75, 3.05) is 39.9 Å². The average molecular weight is 356 g/mol. The van der Waals surface area contributed by atoms with Gasteiger partial charge in [-0.1, -0.05) is 29.8 Å². The maximum Gasteiger partial charge on any atom is 0.173 e. The molecule has 0 amide bonds. The van der Waals surface area contributed by atoms with Crippen molar-refractivity contribution in [3.63, 3.8) is 0 Å². The Hall–Kier alpha value is -1.83. The number of ether oxygens (including phenoxy) is 1. The number of aromatic nitrogens is 4. The Bertz CT molecular complexity index is 715. The van der Waals surface area contributed by atoms with Gasteiger partial charge in [-0.05, 0) is 42.3 Å². The number of methoxy groups -OCH3 is 1. The highest BCUT2D eigenvalue weighted by Crippen LogP contribution is 2.32. The summed E-state index contributed by atoms with van der Waals surface area (Å²) in [6.07, 6.45) is 2.62. The monoisotopic (exact) mass is 356 g/mol. The van der Waals surface area contributed by atoms with Crippen LogP contribution in [0.2, 0.25) is 0 Å². The van der Waals surface area contributed by atoms with E-state index in [0.717, 1.165) is 25.5 Å². The van der Waals surface area contributed by atoms with Gasteiger partial charge in [0.15, 0.2) is 5.82 Å². The molecule has 7 nitrogen and oxygen atoms in total. The summed E-state index contributed by atoms with van der Waals surface area (Å²) in [5, 5.41) is 12.6. The predicted molar refractivity (Wildman–Crippen MR) is 98.9 cm³/mol. The highest BCUT2D eigenvalue weighted by atomic mass is 16.5. The smallest absolute Gasteiger partial charge is 0.173 e. The van der Waals surface area contributed by atoms with Crippen molar-refractivity contribution < 1.29 is 4.74 Å². The van der Waals surface area contributed by atoms with Gasteiger partial charge in [0.2, 0.25) is 0 Å². The molecule has 1 aromatic heterocycles. The van der Waals surface area contributed by atoms with Crippen molar-refractivity contribution in [2.45, 2.75) is 38.4 Å². The third-order valence-corrected chi connectivity index (χ3v) is 5.69. The minimum atomic E-state index is 0.0882. The van der Waals surface area contributed by atoms with Crippen LogP contribution in [0.1, 0.15) is 35.8 Å². The summed E-state index contributed by atoms with van der Waals surface area (Å²) >= 11 is 0. The molecule has 2 atom stereocenters. The molecule has 0 spiro atoms. The molecule has 2 aliphatic heterocycles. The van der Waals surface area contributed by atoms with Gasteiger partial charge in [-0.25, -0.2) is 4.68 Å². The Balaban J connectivity index is 1.66. The van der Waals surface area contributed by atoms with Gasteiger partial charge >= 0.3 is 0 Å². The van der Waals surface area contributed by atoms with E-state index >= 15 is 0 Å². The predicted octanol–water partition coefficient (Wildman–Crippen LogP) is 1.50. The van der Waals surface area contributed by atoms with Crippen LogP contribution >= 0.6 is 0 Å². The van der Waals surface area contributed by atoms with Crippen molar-refractivity contribution >= 4 is 0 Å². The van der Waals surface area contributed by atoms with Crippen LogP contribution in [-0.4, -0.2) is 75.9 Å². The zero-order valence-corrected chi connectivity index (χ0v) is 15.7. The second-order valence-electron chi connectivity index (χ2n) is 7.39. The maximum atomic E-state index is 5.24. The van der Waals surface area contributed by atoms with Gasteiger partial charge in [-0.3, -0.25) is 9.80 Å². The molecule has 2 aliphatic rings. The van der Waals surface area contributed by atoms with Crippen LogP contribution in [0.4, 0.5) is 0 Å². The molecule has 0 unspecified atom stereocenters. The molecule has 2 aromatic rings. The molecule has 2 saturated heterocycles. The summed E-state index contributed by atoms with van der Waals surface area (Å²) in [5.41, 5.74) is 2.53. The molecule has 0 radical (unpaired) electrons. The topological polar surface area (TPSA) is 59.3 Å². The van der Waals surface area contributed by atoms with E-state index in [0.29, 0.717) is 19.2 Å². The summed E-state index contributed by atoms with van der Waals surface area (Å²) in [4.78, 5) is 5.20. The number of piperazine rings is 1. The van der Waals surface area contributed by atoms with E-state index in [9.17, 15) is 0 Å². The molecule has 7 heteroatoms. The first-order valence-corrected chi connectivity index (χ1v) is 9.56. The molecule has 4 rings (SSSR count). The Labute approximate surface area is 154 Å². The lowest BCUT2D eigenvalue weighted by molar-refractivity contribution is 0.0784. The zero-order chi connectivity index (χ0) is 17.9. The van der Waals surface area contributed by atoms with Crippen LogP contribution in [-0.2, 0) is 11.3 Å². The molecular formula is C19H28N6O. The largest absolute Gasteiger partial charge is 0.383 e. The summed E-state index contributed by atoms with van der Waals surface area (Å²) in [6, 6.07) is 9.55. The van der Waals surface area contributed by atoms with E-state index in [2.05, 4.69) is 56.5 Å². The normalized spacial score (nSPS) is 22.5. The van der Waals surface area contributed by atoms with Crippen LogP contribution in [0, 0.1) is 6.92 Å². The third-order valence-electron chi connectivity index (χ3n) is 5.69. The number of aryl methyl sites for hydroxylation is 1. The highest BCUT2D eigenvalue weighted by Gasteiger charge is 2.36. The molecule has 140 valence electrons. The van der Waals surface area contributed by atoms with Crippen LogP contribution in [0.5, 0.6) is 0 Å². The maximum absolute atomic E-state index is 5.24. The van der Waals surface area contributed by atoms with Crippen molar-refractivity contribution in [2.24, 2.45) is 0 Å². The van der Waals surface area contributed by atoms with Gasteiger partial charge in [0.1, 0.15) is 0 Å². The Morgan fingerprint density at radius 3 is 2.85 bits per heavy atom. The standard InChI is InChI=1S/C19H28N6O/c1-15-5-7-16(8-6-15)18(19-20-21-22-25(19)12-13-26-2)24-11-10-23-9-3-4-17(23)14-24/h5-8,17-18H,3-4,9-14H2,1-2H3/t17-,18-/m1/s1. The van der Waals surface area contributed by atoms with Gasteiger partial charge in [0.25, 0.3) is 0 Å². The number of benzene rings is 1. The fraction of sp³-hybridized carbons (Fsp3) is 0.632. The molecule has 3 heterocycles. The Kier molecular flexibility index (Phi) is 5.28. The van der Waals surface area contributed by atoms with E-state index in [1.165, 1.54) is 30.5 Å². The number of hydrogen-bond acceptors (Lipinski definition) is 6. The molecule has 2 fully saturated rings. The second kappa shape index (κ2) is 7.82. The molecule has 1 aromatic carbocycles. The van der Waals surface area contributed by atoms with Gasteiger partial charge in [0.05, 0.1) is 19.2 Å². The SMILES string of the molecule is COCCn1nnnc1[C@@H](c1ccc(C)cc1)N1CCN2CCC[C@@H]2C1. The molecular weight excluding hydrogens is 328 g/mol. The fourth-order valence-electron chi connectivity index (χ4n) is 4.27. The summed E-state index contributed by atoms with van der Waals surface area (Å²) in [7, 11) is 1.71. The highest BCUT2D eigenvalue weighted by molar-refractivity contribution is 5.28. The van der Waals surface area contributed by atoms with Crippen molar-refractivity contribution in [1.29, 1.82) is 0 Å². The number of tetrazole rings is 1. The minimum Gasteiger partial charge on any atom is -0.383 e. The summed E-state index contributed by atoms with van der Waals surface area (Å²) < 4.78 is 7.13. The zero-order valence-electron chi connectivity index (χ0n) is 15.7. The molecule has 0 aliphatic carbocycles. The fourth-order valence-corrected chi connectivity index (χ4v) is 4.27. The van der Waals surface area contributed by atoms with Crippen LogP contribution in [0.15, 0.2) is 24.3 Å². The van der Waals surface area contributed by atoms with Gasteiger partial charge in [0, 0.05) is 32.8 Å². The lowest BCUT2D eigenvalue weighted by Gasteiger charge is -2.41. The second-order valence-corrected chi connectivity index (χ2v) is 7.39. The van der Waals surface area contributed by atoms with Crippen molar-refractivity contribution in [3.8, 4) is 0 Å². The van der Waals surface area contributed by atoms with E-state index < -0.39 is 0 Å². The molecule has 0 N–H and O–H groups in total. The van der Waals surface area contributed by atoms with Crippen molar-refractivity contribution in [1.82, 2.24) is 30.0 Å². The van der Waals surface area contributed by atoms with Crippen LogP contribution < -0.4 is 0 Å². The lowest BCUT2D eigenvalue weighted by Crippen LogP contribution is -2.51. The lowest BCUT2D eigenvalue weighted by atomic mass is 10.0. The van der Waals surface area contributed by atoms with E-state index in [1.807, 2.05) is 4.68 Å². The first kappa shape index (κ1) is 17.6. The van der Waals surface area contributed by atoms with Gasteiger partial charge in [-0.2, -0.15) is 0 Å². The summed E-state index contributed by atoms with van der Waals surface area (Å²) in [5.74, 6) is 0.914. The Morgan fingerprint density at radius 1 is 1.19 bits per heavy atom. The molecule has 0 bridgehead atoms. The number of nitrogens with zero attached hydrogens (tertiary/aromatic N) is 6. The summed E-state index contributed by atoms with van der Waals surface area (Å²) in [6.45, 7) is 7.91. The van der Waals surface area contributed by atoms with Gasteiger partial charge in [-0.15, -0.1) is 5.10 Å². The number of fused-ring (bicyclic) bond motifs is 1. The van der Waals surface area contributed by atoms with E-state index in [-0.39, 0.29) is 6.04 Å². The first-order valence-electron chi connectivity index (χ1n) is 9.56. The van der Waals surface area contributed by atoms with Crippen LogP contribution in [0.25, 0.3) is 0 Å².